The highest BCUT2D eigenvalue weighted by Crippen LogP contribution is 2.24. The van der Waals surface area contributed by atoms with Crippen molar-refractivity contribution in [1.82, 2.24) is 0 Å². The van der Waals surface area contributed by atoms with E-state index in [0.29, 0.717) is 5.57 Å². The summed E-state index contributed by atoms with van der Waals surface area (Å²) in [5.41, 5.74) is 0.582. The summed E-state index contributed by atoms with van der Waals surface area (Å²) in [4.78, 5) is 21.8. The summed E-state index contributed by atoms with van der Waals surface area (Å²) in [6, 6.07) is 3.20. The van der Waals surface area contributed by atoms with Gasteiger partial charge in [0.05, 0.1) is 13.2 Å². The van der Waals surface area contributed by atoms with Crippen LogP contribution in [0.4, 0.5) is 8.78 Å². The summed E-state index contributed by atoms with van der Waals surface area (Å²) in [7, 11) is 0. The molecular formula is C16H18F2O4. The molecule has 0 N–H and O–H groups in total. The first-order valence-electron chi connectivity index (χ1n) is 6.69. The molecule has 120 valence electrons. The van der Waals surface area contributed by atoms with Crippen LogP contribution in [0.1, 0.15) is 25.8 Å². The van der Waals surface area contributed by atoms with Gasteiger partial charge in [0.25, 0.3) is 0 Å². The van der Waals surface area contributed by atoms with Crippen molar-refractivity contribution in [1.29, 1.82) is 0 Å². The number of halogens is 2. The minimum atomic E-state index is -0.719. The fraction of sp³-hybridized carbons (Fsp3) is 0.375. The van der Waals surface area contributed by atoms with Crippen LogP contribution in [0.2, 0.25) is 0 Å². The van der Waals surface area contributed by atoms with Crippen molar-refractivity contribution in [3.05, 3.63) is 42.0 Å². The Labute approximate surface area is 127 Å². The average molecular weight is 312 g/mol. The van der Waals surface area contributed by atoms with Gasteiger partial charge in [-0.15, -0.1) is 0 Å². The Bertz CT molecular complexity index is 551. The van der Waals surface area contributed by atoms with Crippen molar-refractivity contribution < 1.29 is 27.8 Å². The Morgan fingerprint density at radius 3 is 2.14 bits per heavy atom. The van der Waals surface area contributed by atoms with Crippen LogP contribution in [-0.4, -0.2) is 25.2 Å². The number of ether oxygens (including phenoxy) is 2. The third-order valence-electron chi connectivity index (χ3n) is 2.89. The number of rotatable bonds is 7. The predicted molar refractivity (Wildman–Crippen MR) is 76.8 cm³/mol. The summed E-state index contributed by atoms with van der Waals surface area (Å²) >= 11 is 0. The second-order valence-electron chi connectivity index (χ2n) is 4.90. The van der Waals surface area contributed by atoms with Gasteiger partial charge in [-0.1, -0.05) is 6.58 Å². The van der Waals surface area contributed by atoms with Crippen molar-refractivity contribution in [3.8, 4) is 0 Å². The first kappa shape index (κ1) is 17.8. The maximum Gasteiger partial charge on any atom is 0.302 e. The molecule has 0 radical (unpaired) electrons. The lowest BCUT2D eigenvalue weighted by atomic mass is 9.96. The van der Waals surface area contributed by atoms with E-state index in [4.69, 9.17) is 9.47 Å². The Hall–Kier alpha value is -2.24. The number of hydrogen-bond donors (Lipinski definition) is 0. The first-order valence-corrected chi connectivity index (χ1v) is 6.69. The molecule has 1 rings (SSSR count). The highest BCUT2D eigenvalue weighted by molar-refractivity contribution is 5.67. The lowest BCUT2D eigenvalue weighted by Crippen LogP contribution is -2.20. The fourth-order valence-electron chi connectivity index (χ4n) is 1.87. The van der Waals surface area contributed by atoms with Crippen molar-refractivity contribution in [2.45, 2.75) is 20.3 Å². The molecule has 0 fully saturated rings. The van der Waals surface area contributed by atoms with Gasteiger partial charge < -0.3 is 9.47 Å². The van der Waals surface area contributed by atoms with Crippen LogP contribution < -0.4 is 0 Å². The number of hydrogen-bond acceptors (Lipinski definition) is 4. The smallest absolute Gasteiger partial charge is 0.302 e. The SMILES string of the molecule is C=C(CC(COC(C)=O)COC(C)=O)c1ccc(F)cc1F. The third-order valence-corrected chi connectivity index (χ3v) is 2.89. The molecule has 6 heteroatoms. The average Bonchev–Trinajstić information content (AvgIpc) is 2.41. The van der Waals surface area contributed by atoms with Gasteiger partial charge in [0.15, 0.2) is 0 Å². The maximum absolute atomic E-state index is 13.7. The summed E-state index contributed by atoms with van der Waals surface area (Å²) in [5, 5.41) is 0. The van der Waals surface area contributed by atoms with Gasteiger partial charge in [0.1, 0.15) is 11.6 Å². The maximum atomic E-state index is 13.7. The Kier molecular flexibility index (Phi) is 6.69. The zero-order valence-corrected chi connectivity index (χ0v) is 12.5. The molecule has 0 aromatic heterocycles. The van der Waals surface area contributed by atoms with Crippen molar-refractivity contribution >= 4 is 17.5 Å². The lowest BCUT2D eigenvalue weighted by Gasteiger charge is -2.18. The number of allylic oxidation sites excluding steroid dienone is 1. The summed E-state index contributed by atoms with van der Waals surface area (Å²) in [5.74, 6) is -2.68. The molecule has 0 saturated carbocycles. The highest BCUT2D eigenvalue weighted by atomic mass is 19.1. The van der Waals surface area contributed by atoms with E-state index in [1.54, 1.807) is 0 Å². The van der Waals surface area contributed by atoms with Crippen LogP contribution >= 0.6 is 0 Å². The molecule has 22 heavy (non-hydrogen) atoms. The van der Waals surface area contributed by atoms with Crippen LogP contribution in [0, 0.1) is 17.6 Å². The fourth-order valence-corrected chi connectivity index (χ4v) is 1.87. The molecule has 1 aromatic carbocycles. The highest BCUT2D eigenvalue weighted by Gasteiger charge is 2.17. The molecule has 0 spiro atoms. The minimum Gasteiger partial charge on any atom is -0.465 e. The molecule has 0 heterocycles. The second-order valence-corrected chi connectivity index (χ2v) is 4.90. The molecular weight excluding hydrogens is 294 g/mol. The Morgan fingerprint density at radius 2 is 1.68 bits per heavy atom. The van der Waals surface area contributed by atoms with Crippen molar-refractivity contribution in [2.75, 3.05) is 13.2 Å². The predicted octanol–water partition coefficient (Wildman–Crippen LogP) is 3.11. The van der Waals surface area contributed by atoms with Gasteiger partial charge in [0.2, 0.25) is 0 Å². The summed E-state index contributed by atoms with van der Waals surface area (Å²) in [6.45, 7) is 6.33. The van der Waals surface area contributed by atoms with E-state index in [1.807, 2.05) is 0 Å². The van der Waals surface area contributed by atoms with Gasteiger partial charge >= 0.3 is 11.9 Å². The Morgan fingerprint density at radius 1 is 1.14 bits per heavy atom. The molecule has 4 nitrogen and oxygen atoms in total. The van der Waals surface area contributed by atoms with E-state index in [0.717, 1.165) is 12.1 Å². The van der Waals surface area contributed by atoms with E-state index < -0.39 is 23.6 Å². The van der Waals surface area contributed by atoms with Crippen LogP contribution in [0.15, 0.2) is 24.8 Å². The van der Waals surface area contributed by atoms with Gasteiger partial charge in [-0.25, -0.2) is 8.78 Å². The number of carbonyl (C=O) groups is 2. The van der Waals surface area contributed by atoms with E-state index in [9.17, 15) is 18.4 Å². The van der Waals surface area contributed by atoms with Crippen molar-refractivity contribution in [2.24, 2.45) is 5.92 Å². The standard InChI is InChI=1S/C16H18F2O4/c1-10(15-5-4-14(17)7-16(15)18)6-13(8-21-11(2)19)9-22-12(3)20/h4-5,7,13H,1,6,8-9H2,2-3H3. The largest absolute Gasteiger partial charge is 0.465 e. The quantitative estimate of drug-likeness (QED) is 0.726. The molecule has 0 aliphatic heterocycles. The number of carbonyl (C=O) groups excluding carboxylic acids is 2. The monoisotopic (exact) mass is 312 g/mol. The summed E-state index contributed by atoms with van der Waals surface area (Å²) in [6.07, 6.45) is 0.239. The van der Waals surface area contributed by atoms with Gasteiger partial charge in [0, 0.05) is 31.4 Å². The van der Waals surface area contributed by atoms with E-state index in [2.05, 4.69) is 6.58 Å². The van der Waals surface area contributed by atoms with Crippen LogP contribution in [0.3, 0.4) is 0 Å². The van der Waals surface area contributed by atoms with Crippen molar-refractivity contribution in [3.63, 3.8) is 0 Å². The van der Waals surface area contributed by atoms with Crippen LogP contribution in [0.5, 0.6) is 0 Å². The molecule has 0 bridgehead atoms. The first-order chi connectivity index (χ1) is 10.3. The molecule has 1 aromatic rings. The van der Waals surface area contributed by atoms with E-state index in [1.165, 1.54) is 19.9 Å². The lowest BCUT2D eigenvalue weighted by molar-refractivity contribution is -0.146. The third kappa shape index (κ3) is 6.03. The topological polar surface area (TPSA) is 52.6 Å². The zero-order chi connectivity index (χ0) is 16.7. The molecule has 0 saturated heterocycles. The molecule has 0 unspecified atom stereocenters. The normalized spacial score (nSPS) is 10.4. The summed E-state index contributed by atoms with van der Waals surface area (Å²) < 4.78 is 36.4. The second kappa shape index (κ2) is 8.26. The zero-order valence-electron chi connectivity index (χ0n) is 12.5. The number of benzene rings is 1. The molecule has 0 atom stereocenters. The van der Waals surface area contributed by atoms with Gasteiger partial charge in [-0.05, 0) is 24.1 Å². The molecule has 0 amide bonds. The van der Waals surface area contributed by atoms with E-state index >= 15 is 0 Å². The van der Waals surface area contributed by atoms with E-state index in [-0.39, 0.29) is 31.1 Å². The van der Waals surface area contributed by atoms with Gasteiger partial charge in [-0.2, -0.15) is 0 Å². The van der Waals surface area contributed by atoms with Crippen LogP contribution in [0.25, 0.3) is 5.57 Å². The number of esters is 2. The van der Waals surface area contributed by atoms with Gasteiger partial charge in [-0.3, -0.25) is 9.59 Å². The Balaban J connectivity index is 2.75. The van der Waals surface area contributed by atoms with Crippen LogP contribution in [-0.2, 0) is 19.1 Å². The molecule has 0 aliphatic rings. The molecule has 0 aliphatic carbocycles. The minimum absolute atomic E-state index is 0.0183.